The Balaban J connectivity index is 1.85. The molecule has 0 radical (unpaired) electrons. The Labute approximate surface area is 96.9 Å². The van der Waals surface area contributed by atoms with Crippen LogP contribution in [0.3, 0.4) is 0 Å². The summed E-state index contributed by atoms with van der Waals surface area (Å²) in [4.78, 5) is 15.8. The topological polar surface area (TPSA) is 34.9 Å². The van der Waals surface area contributed by atoms with Gasteiger partial charge in [0.2, 0.25) is 0 Å². The fourth-order valence-corrected chi connectivity index (χ4v) is 2.50. The number of ketones is 1. The third kappa shape index (κ3) is 2.94. The molecular weight excluding hydrogens is 200 g/mol. The number of rotatable bonds is 3. The van der Waals surface area contributed by atoms with Gasteiger partial charge in [0.1, 0.15) is 11.6 Å². The first-order valence-corrected chi connectivity index (χ1v) is 6.23. The summed E-state index contributed by atoms with van der Waals surface area (Å²) in [6.07, 6.45) is 11.1. The van der Waals surface area contributed by atoms with E-state index in [0.29, 0.717) is 11.7 Å². The number of Topliss-reactive ketones (excluding diaryl/α,β-unsaturated/α-hetero) is 1. The van der Waals surface area contributed by atoms with Gasteiger partial charge in [0.15, 0.2) is 0 Å². The molecule has 88 valence electrons. The van der Waals surface area contributed by atoms with Crippen LogP contribution < -0.4 is 0 Å². The fraction of sp³-hybridized carbons (Fsp3) is 0.692. The summed E-state index contributed by atoms with van der Waals surface area (Å²) >= 11 is 0. The third-order valence-corrected chi connectivity index (χ3v) is 3.53. The van der Waals surface area contributed by atoms with E-state index in [1.54, 1.807) is 0 Å². The molecule has 1 aliphatic carbocycles. The first-order chi connectivity index (χ1) is 7.75. The summed E-state index contributed by atoms with van der Waals surface area (Å²) in [6.45, 7) is 0. The van der Waals surface area contributed by atoms with Crippen LogP contribution in [0, 0.1) is 5.92 Å². The average Bonchev–Trinajstić information content (AvgIpc) is 2.54. The first-order valence-electron chi connectivity index (χ1n) is 6.23. The maximum atomic E-state index is 11.5. The third-order valence-electron chi connectivity index (χ3n) is 3.53. The number of imidazole rings is 1. The van der Waals surface area contributed by atoms with Crippen LogP contribution in [0.25, 0.3) is 0 Å². The Bertz CT molecular complexity index is 357. The minimum Gasteiger partial charge on any atom is -0.338 e. The largest absolute Gasteiger partial charge is 0.338 e. The SMILES string of the molecule is Cn1ccnc1CCC1CCCCC(=O)C1. The molecule has 1 unspecified atom stereocenters. The molecule has 0 saturated heterocycles. The average molecular weight is 220 g/mol. The molecule has 1 fully saturated rings. The van der Waals surface area contributed by atoms with Crippen molar-refractivity contribution in [3.05, 3.63) is 18.2 Å². The molecule has 0 spiro atoms. The minimum absolute atomic E-state index is 0.461. The van der Waals surface area contributed by atoms with Crippen molar-refractivity contribution in [2.24, 2.45) is 13.0 Å². The number of aromatic nitrogens is 2. The van der Waals surface area contributed by atoms with Gasteiger partial charge in [-0.1, -0.05) is 6.42 Å². The van der Waals surface area contributed by atoms with Crippen molar-refractivity contribution in [2.75, 3.05) is 0 Å². The molecule has 1 aliphatic rings. The number of nitrogens with zero attached hydrogens (tertiary/aromatic N) is 2. The molecule has 1 saturated carbocycles. The van der Waals surface area contributed by atoms with E-state index in [4.69, 9.17) is 0 Å². The van der Waals surface area contributed by atoms with Gasteiger partial charge in [-0.2, -0.15) is 0 Å². The second kappa shape index (κ2) is 5.28. The Morgan fingerprint density at radius 2 is 2.38 bits per heavy atom. The van der Waals surface area contributed by atoms with Crippen LogP contribution in [0.4, 0.5) is 0 Å². The lowest BCUT2D eigenvalue weighted by atomic mass is 9.94. The van der Waals surface area contributed by atoms with Crippen LogP contribution in [0.1, 0.15) is 44.3 Å². The summed E-state index contributed by atoms with van der Waals surface area (Å²) < 4.78 is 2.07. The van der Waals surface area contributed by atoms with Gasteiger partial charge in [-0.15, -0.1) is 0 Å². The molecule has 0 N–H and O–H groups in total. The fourth-order valence-electron chi connectivity index (χ4n) is 2.50. The molecule has 0 aliphatic heterocycles. The molecule has 1 atom stereocenters. The van der Waals surface area contributed by atoms with E-state index in [1.807, 2.05) is 19.4 Å². The maximum Gasteiger partial charge on any atom is 0.133 e. The Morgan fingerprint density at radius 3 is 3.12 bits per heavy atom. The zero-order valence-electron chi connectivity index (χ0n) is 9.98. The molecule has 16 heavy (non-hydrogen) atoms. The number of hydrogen-bond acceptors (Lipinski definition) is 2. The first kappa shape index (κ1) is 11.4. The number of hydrogen-bond donors (Lipinski definition) is 0. The molecule has 1 aromatic rings. The zero-order chi connectivity index (χ0) is 11.4. The lowest BCUT2D eigenvalue weighted by Gasteiger charge is -2.12. The molecular formula is C13H20N2O. The molecule has 2 rings (SSSR count). The van der Waals surface area contributed by atoms with Crippen molar-refractivity contribution in [1.29, 1.82) is 0 Å². The number of carbonyl (C=O) groups is 1. The van der Waals surface area contributed by atoms with Crippen molar-refractivity contribution in [1.82, 2.24) is 9.55 Å². The highest BCUT2D eigenvalue weighted by atomic mass is 16.1. The van der Waals surface area contributed by atoms with Crippen LogP contribution in [0.2, 0.25) is 0 Å². The van der Waals surface area contributed by atoms with E-state index < -0.39 is 0 Å². The molecule has 0 bridgehead atoms. The Kier molecular flexibility index (Phi) is 3.75. The predicted molar refractivity (Wildman–Crippen MR) is 63.1 cm³/mol. The summed E-state index contributed by atoms with van der Waals surface area (Å²) in [6, 6.07) is 0. The second-order valence-electron chi connectivity index (χ2n) is 4.85. The molecule has 0 aromatic carbocycles. The Morgan fingerprint density at radius 1 is 1.50 bits per heavy atom. The van der Waals surface area contributed by atoms with Gasteiger partial charge in [-0.05, 0) is 25.2 Å². The number of carbonyl (C=O) groups excluding carboxylic acids is 1. The van der Waals surface area contributed by atoms with Crippen LogP contribution >= 0.6 is 0 Å². The van der Waals surface area contributed by atoms with E-state index in [0.717, 1.165) is 37.9 Å². The van der Waals surface area contributed by atoms with Crippen molar-refractivity contribution in [3.63, 3.8) is 0 Å². The maximum absolute atomic E-state index is 11.5. The van der Waals surface area contributed by atoms with E-state index >= 15 is 0 Å². The highest BCUT2D eigenvalue weighted by molar-refractivity contribution is 5.78. The smallest absolute Gasteiger partial charge is 0.133 e. The lowest BCUT2D eigenvalue weighted by Crippen LogP contribution is -2.08. The number of aryl methyl sites for hydroxylation is 2. The van der Waals surface area contributed by atoms with Crippen LogP contribution in [0.15, 0.2) is 12.4 Å². The summed E-state index contributed by atoms with van der Waals surface area (Å²) in [5.74, 6) is 2.19. The lowest BCUT2D eigenvalue weighted by molar-refractivity contribution is -0.119. The van der Waals surface area contributed by atoms with Crippen LogP contribution in [-0.2, 0) is 18.3 Å². The summed E-state index contributed by atoms with van der Waals surface area (Å²) in [7, 11) is 2.03. The molecule has 1 aromatic heterocycles. The van der Waals surface area contributed by atoms with E-state index in [1.165, 1.54) is 12.8 Å². The normalized spacial score (nSPS) is 22.1. The van der Waals surface area contributed by atoms with Crippen LogP contribution in [0.5, 0.6) is 0 Å². The Hall–Kier alpha value is -1.12. The summed E-state index contributed by atoms with van der Waals surface area (Å²) in [5, 5.41) is 0. The molecule has 3 heteroatoms. The van der Waals surface area contributed by atoms with E-state index in [-0.39, 0.29) is 0 Å². The van der Waals surface area contributed by atoms with Gasteiger partial charge < -0.3 is 4.57 Å². The second-order valence-corrected chi connectivity index (χ2v) is 4.85. The van der Waals surface area contributed by atoms with Crippen molar-refractivity contribution in [3.8, 4) is 0 Å². The van der Waals surface area contributed by atoms with Gasteiger partial charge in [-0.3, -0.25) is 4.79 Å². The van der Waals surface area contributed by atoms with Gasteiger partial charge >= 0.3 is 0 Å². The van der Waals surface area contributed by atoms with Gasteiger partial charge in [-0.25, -0.2) is 4.98 Å². The van der Waals surface area contributed by atoms with Crippen molar-refractivity contribution in [2.45, 2.75) is 44.9 Å². The van der Waals surface area contributed by atoms with E-state index in [9.17, 15) is 4.79 Å². The quantitative estimate of drug-likeness (QED) is 0.734. The molecule has 1 heterocycles. The standard InChI is InChI=1S/C13H20N2O/c1-15-9-8-14-13(15)7-6-11-4-2-3-5-12(16)10-11/h8-9,11H,2-7,10H2,1H3. The highest BCUT2D eigenvalue weighted by Crippen LogP contribution is 2.24. The minimum atomic E-state index is 0.461. The van der Waals surface area contributed by atoms with Gasteiger partial charge in [0.25, 0.3) is 0 Å². The highest BCUT2D eigenvalue weighted by Gasteiger charge is 2.17. The monoisotopic (exact) mass is 220 g/mol. The summed E-state index contributed by atoms with van der Waals surface area (Å²) in [5.41, 5.74) is 0. The molecule has 3 nitrogen and oxygen atoms in total. The van der Waals surface area contributed by atoms with Gasteiger partial charge in [0.05, 0.1) is 0 Å². The van der Waals surface area contributed by atoms with Crippen molar-refractivity contribution >= 4 is 5.78 Å². The zero-order valence-corrected chi connectivity index (χ0v) is 9.98. The van der Waals surface area contributed by atoms with Crippen LogP contribution in [-0.4, -0.2) is 15.3 Å². The molecule has 0 amide bonds. The van der Waals surface area contributed by atoms with E-state index in [2.05, 4.69) is 9.55 Å². The van der Waals surface area contributed by atoms with Gasteiger partial charge in [0, 0.05) is 38.7 Å². The van der Waals surface area contributed by atoms with Crippen molar-refractivity contribution < 1.29 is 4.79 Å². The predicted octanol–water partition coefficient (Wildman–Crippen LogP) is 2.50.